The molecule has 0 spiro atoms. The lowest BCUT2D eigenvalue weighted by Crippen LogP contribution is -2.30. The Morgan fingerprint density at radius 2 is 1.91 bits per heavy atom. The molecule has 2 aromatic carbocycles. The number of carbonyl (C=O) groups excluding carboxylic acids is 1. The van der Waals surface area contributed by atoms with E-state index >= 15 is 0 Å². The van der Waals surface area contributed by atoms with Crippen LogP contribution in [0.3, 0.4) is 0 Å². The second kappa shape index (κ2) is 7.58. The van der Waals surface area contributed by atoms with Gasteiger partial charge in [-0.1, -0.05) is 41.4 Å². The minimum Gasteiger partial charge on any atom is -0.324 e. The first kappa shape index (κ1) is 16.7. The fourth-order valence-electron chi connectivity index (χ4n) is 2.00. The Morgan fingerprint density at radius 3 is 2.59 bits per heavy atom. The van der Waals surface area contributed by atoms with Crippen LogP contribution in [0.1, 0.15) is 5.56 Å². The number of benzene rings is 2. The highest BCUT2D eigenvalue weighted by Crippen LogP contribution is 2.22. The van der Waals surface area contributed by atoms with Crippen LogP contribution in [0.2, 0.25) is 10.0 Å². The van der Waals surface area contributed by atoms with Crippen LogP contribution in [-0.2, 0) is 11.3 Å². The van der Waals surface area contributed by atoms with Gasteiger partial charge in [0.25, 0.3) is 0 Å². The molecule has 0 saturated carbocycles. The number of likely N-dealkylation sites (N-methyl/N-ethyl adjacent to an activating group) is 1. The van der Waals surface area contributed by atoms with E-state index in [1.165, 1.54) is 12.1 Å². The van der Waals surface area contributed by atoms with Gasteiger partial charge in [-0.15, -0.1) is 0 Å². The summed E-state index contributed by atoms with van der Waals surface area (Å²) in [6.45, 7) is 0.711. The molecule has 6 heteroatoms. The smallest absolute Gasteiger partial charge is 0.238 e. The predicted molar refractivity (Wildman–Crippen MR) is 87.8 cm³/mol. The second-order valence-corrected chi connectivity index (χ2v) is 5.75. The molecule has 2 rings (SSSR count). The average Bonchev–Trinajstić information content (AvgIpc) is 2.44. The van der Waals surface area contributed by atoms with E-state index in [0.717, 1.165) is 11.6 Å². The summed E-state index contributed by atoms with van der Waals surface area (Å²) in [7, 11) is 1.81. The van der Waals surface area contributed by atoms with Crippen LogP contribution in [0.4, 0.5) is 10.1 Å². The van der Waals surface area contributed by atoms with Crippen LogP contribution in [0.15, 0.2) is 42.5 Å². The van der Waals surface area contributed by atoms with Gasteiger partial charge >= 0.3 is 0 Å². The van der Waals surface area contributed by atoms with Gasteiger partial charge in [-0.3, -0.25) is 9.69 Å². The van der Waals surface area contributed by atoms with Crippen LogP contribution >= 0.6 is 23.2 Å². The molecule has 0 heterocycles. The first-order chi connectivity index (χ1) is 10.5. The Bertz CT molecular complexity index is 679. The first-order valence-corrected chi connectivity index (χ1v) is 7.38. The molecule has 0 saturated heterocycles. The lowest BCUT2D eigenvalue weighted by atomic mass is 10.2. The Kier molecular flexibility index (Phi) is 5.77. The SMILES string of the molecule is CN(CC(=O)Nc1ccc(F)cc1Cl)Cc1ccccc1Cl. The summed E-state index contributed by atoms with van der Waals surface area (Å²) in [6, 6.07) is 11.3. The number of hydrogen-bond acceptors (Lipinski definition) is 2. The molecule has 22 heavy (non-hydrogen) atoms. The first-order valence-electron chi connectivity index (χ1n) is 6.62. The van der Waals surface area contributed by atoms with Crippen LogP contribution in [0, 0.1) is 5.82 Å². The van der Waals surface area contributed by atoms with Crippen molar-refractivity contribution in [3.05, 3.63) is 63.9 Å². The van der Waals surface area contributed by atoms with E-state index in [4.69, 9.17) is 23.2 Å². The third kappa shape index (κ3) is 4.70. The van der Waals surface area contributed by atoms with E-state index in [0.29, 0.717) is 17.3 Å². The third-order valence-electron chi connectivity index (χ3n) is 3.02. The Morgan fingerprint density at radius 1 is 1.18 bits per heavy atom. The van der Waals surface area contributed by atoms with Gasteiger partial charge < -0.3 is 5.32 Å². The molecule has 0 aliphatic rings. The van der Waals surface area contributed by atoms with Crippen molar-refractivity contribution < 1.29 is 9.18 Å². The predicted octanol–water partition coefficient (Wildman–Crippen LogP) is 4.20. The molecule has 1 amide bonds. The molecule has 116 valence electrons. The summed E-state index contributed by atoms with van der Waals surface area (Å²) >= 11 is 12.0. The van der Waals surface area contributed by atoms with Gasteiger partial charge in [0.05, 0.1) is 17.3 Å². The molecule has 1 N–H and O–H groups in total. The number of amides is 1. The molecule has 0 atom stereocenters. The van der Waals surface area contributed by atoms with E-state index in [2.05, 4.69) is 5.32 Å². The monoisotopic (exact) mass is 340 g/mol. The van der Waals surface area contributed by atoms with Gasteiger partial charge in [0.2, 0.25) is 5.91 Å². The van der Waals surface area contributed by atoms with Gasteiger partial charge in [-0.2, -0.15) is 0 Å². The number of carbonyl (C=O) groups is 1. The highest BCUT2D eigenvalue weighted by molar-refractivity contribution is 6.33. The fourth-order valence-corrected chi connectivity index (χ4v) is 2.41. The normalized spacial score (nSPS) is 10.8. The quantitative estimate of drug-likeness (QED) is 0.884. The summed E-state index contributed by atoms with van der Waals surface area (Å²) < 4.78 is 13.0. The standard InChI is InChI=1S/C16H15Cl2FN2O/c1-21(9-11-4-2-3-5-13(11)17)10-16(22)20-15-7-6-12(19)8-14(15)18/h2-8H,9-10H2,1H3,(H,20,22). The van der Waals surface area contributed by atoms with E-state index in [9.17, 15) is 9.18 Å². The van der Waals surface area contributed by atoms with Gasteiger partial charge in [0.1, 0.15) is 5.82 Å². The topological polar surface area (TPSA) is 32.3 Å². The molecule has 0 aromatic heterocycles. The fraction of sp³-hybridized carbons (Fsp3) is 0.188. The van der Waals surface area contributed by atoms with E-state index in [-0.39, 0.29) is 17.5 Å². The van der Waals surface area contributed by atoms with E-state index < -0.39 is 5.82 Å². The maximum absolute atomic E-state index is 13.0. The largest absolute Gasteiger partial charge is 0.324 e. The molecular weight excluding hydrogens is 326 g/mol. The van der Waals surface area contributed by atoms with Crippen molar-refractivity contribution in [3.8, 4) is 0 Å². The van der Waals surface area contributed by atoms with Gasteiger partial charge in [0, 0.05) is 11.6 Å². The molecule has 0 bridgehead atoms. The van der Waals surface area contributed by atoms with Crippen molar-refractivity contribution in [1.29, 1.82) is 0 Å². The van der Waals surface area contributed by atoms with Crippen molar-refractivity contribution in [1.82, 2.24) is 4.90 Å². The Balaban J connectivity index is 1.93. The Labute approximate surface area is 138 Å². The van der Waals surface area contributed by atoms with Crippen molar-refractivity contribution in [2.75, 3.05) is 18.9 Å². The Hall–Kier alpha value is -1.62. The van der Waals surface area contributed by atoms with Crippen molar-refractivity contribution in [2.45, 2.75) is 6.54 Å². The average molecular weight is 341 g/mol. The molecule has 3 nitrogen and oxygen atoms in total. The van der Waals surface area contributed by atoms with Crippen LogP contribution in [0.25, 0.3) is 0 Å². The lowest BCUT2D eigenvalue weighted by Gasteiger charge is -2.17. The summed E-state index contributed by atoms with van der Waals surface area (Å²) in [4.78, 5) is 13.8. The molecule has 0 radical (unpaired) electrons. The third-order valence-corrected chi connectivity index (χ3v) is 3.70. The second-order valence-electron chi connectivity index (χ2n) is 4.94. The number of hydrogen-bond donors (Lipinski definition) is 1. The molecular formula is C16H15Cl2FN2O. The van der Waals surface area contributed by atoms with Crippen LogP contribution < -0.4 is 5.32 Å². The molecule has 0 aliphatic heterocycles. The number of nitrogens with zero attached hydrogens (tertiary/aromatic N) is 1. The minimum absolute atomic E-state index is 0.166. The summed E-state index contributed by atoms with van der Waals surface area (Å²) in [5.41, 5.74) is 1.33. The maximum atomic E-state index is 13.0. The highest BCUT2D eigenvalue weighted by Gasteiger charge is 2.11. The van der Waals surface area contributed by atoms with Crippen molar-refractivity contribution in [2.24, 2.45) is 0 Å². The van der Waals surface area contributed by atoms with Gasteiger partial charge in [-0.25, -0.2) is 4.39 Å². The van der Waals surface area contributed by atoms with E-state index in [1.807, 2.05) is 36.2 Å². The van der Waals surface area contributed by atoms with Crippen molar-refractivity contribution in [3.63, 3.8) is 0 Å². The number of anilines is 1. The molecule has 2 aromatic rings. The highest BCUT2D eigenvalue weighted by atomic mass is 35.5. The minimum atomic E-state index is -0.446. The lowest BCUT2D eigenvalue weighted by molar-refractivity contribution is -0.117. The summed E-state index contributed by atoms with van der Waals surface area (Å²) in [5, 5.41) is 3.49. The zero-order chi connectivity index (χ0) is 16.1. The van der Waals surface area contributed by atoms with Crippen molar-refractivity contribution >= 4 is 34.8 Å². The molecule has 0 fully saturated rings. The zero-order valence-corrected chi connectivity index (χ0v) is 13.5. The maximum Gasteiger partial charge on any atom is 0.238 e. The van der Waals surface area contributed by atoms with E-state index in [1.54, 1.807) is 0 Å². The van der Waals surface area contributed by atoms with Crippen LogP contribution in [-0.4, -0.2) is 24.4 Å². The summed E-state index contributed by atoms with van der Waals surface area (Å²) in [6.07, 6.45) is 0. The molecule has 0 unspecified atom stereocenters. The van der Waals surface area contributed by atoms with Gasteiger partial charge in [-0.05, 0) is 36.9 Å². The van der Waals surface area contributed by atoms with Crippen LogP contribution in [0.5, 0.6) is 0 Å². The zero-order valence-electron chi connectivity index (χ0n) is 11.9. The molecule has 0 aliphatic carbocycles. The summed E-state index contributed by atoms with van der Waals surface area (Å²) in [5.74, 6) is -0.679. The number of rotatable bonds is 5. The van der Waals surface area contributed by atoms with Gasteiger partial charge in [0.15, 0.2) is 0 Å². The number of nitrogens with one attached hydrogen (secondary N) is 1. The number of halogens is 3.